The Hall–Kier alpha value is -2.55. The number of rotatable bonds is 3. The van der Waals surface area contributed by atoms with Crippen molar-refractivity contribution in [3.63, 3.8) is 0 Å². The first-order chi connectivity index (χ1) is 9.70. The van der Waals surface area contributed by atoms with Gasteiger partial charge in [-0.25, -0.2) is 0 Å². The second kappa shape index (κ2) is 4.85. The lowest BCUT2D eigenvalue weighted by molar-refractivity contribution is 0.0843. The molecule has 0 N–H and O–H groups in total. The highest BCUT2D eigenvalue weighted by atomic mass is 16.5. The monoisotopic (exact) mass is 265 g/mol. The zero-order valence-electron chi connectivity index (χ0n) is 11.3. The van der Waals surface area contributed by atoms with E-state index in [1.165, 1.54) is 0 Å². The SMILES string of the molecule is C=C1c2ccc(OC)cc2C(=O)N1Cc1ccccc1. The minimum atomic E-state index is -0.0206. The Balaban J connectivity index is 1.93. The lowest BCUT2D eigenvalue weighted by atomic mass is 10.1. The molecular weight excluding hydrogens is 250 g/mol. The predicted octanol–water partition coefficient (Wildman–Crippen LogP) is 3.32. The zero-order chi connectivity index (χ0) is 14.1. The molecule has 0 aromatic heterocycles. The summed E-state index contributed by atoms with van der Waals surface area (Å²) in [6, 6.07) is 15.4. The first-order valence-electron chi connectivity index (χ1n) is 6.44. The van der Waals surface area contributed by atoms with Crippen LogP contribution in [0.5, 0.6) is 5.75 Å². The number of nitrogens with zero attached hydrogens (tertiary/aromatic N) is 1. The molecule has 0 spiro atoms. The van der Waals surface area contributed by atoms with Crippen LogP contribution in [0.3, 0.4) is 0 Å². The van der Waals surface area contributed by atoms with Gasteiger partial charge in [-0.05, 0) is 23.8 Å². The summed E-state index contributed by atoms with van der Waals surface area (Å²) >= 11 is 0. The van der Waals surface area contributed by atoms with E-state index in [0.29, 0.717) is 17.9 Å². The van der Waals surface area contributed by atoms with Crippen molar-refractivity contribution >= 4 is 11.6 Å². The van der Waals surface area contributed by atoms with Crippen LogP contribution in [-0.2, 0) is 6.54 Å². The third-order valence-corrected chi connectivity index (χ3v) is 3.52. The topological polar surface area (TPSA) is 29.5 Å². The third-order valence-electron chi connectivity index (χ3n) is 3.52. The maximum atomic E-state index is 12.5. The van der Waals surface area contributed by atoms with Crippen LogP contribution in [0.2, 0.25) is 0 Å². The fraction of sp³-hybridized carbons (Fsp3) is 0.118. The van der Waals surface area contributed by atoms with Crippen LogP contribution < -0.4 is 4.74 Å². The third kappa shape index (κ3) is 1.97. The van der Waals surface area contributed by atoms with Gasteiger partial charge >= 0.3 is 0 Å². The molecule has 2 aromatic carbocycles. The molecular formula is C17H15NO2. The summed E-state index contributed by atoms with van der Waals surface area (Å²) in [4.78, 5) is 14.2. The number of benzene rings is 2. The Kier molecular flexibility index (Phi) is 3.03. The van der Waals surface area contributed by atoms with E-state index in [1.54, 1.807) is 18.1 Å². The molecule has 100 valence electrons. The zero-order valence-corrected chi connectivity index (χ0v) is 11.3. The summed E-state index contributed by atoms with van der Waals surface area (Å²) in [5.74, 6) is 0.666. The van der Waals surface area contributed by atoms with Gasteiger partial charge in [-0.2, -0.15) is 0 Å². The fourth-order valence-corrected chi connectivity index (χ4v) is 2.43. The largest absolute Gasteiger partial charge is 0.497 e. The van der Waals surface area contributed by atoms with E-state index in [9.17, 15) is 4.79 Å². The van der Waals surface area contributed by atoms with Crippen LogP contribution in [0.15, 0.2) is 55.1 Å². The number of ether oxygens (including phenoxy) is 1. The van der Waals surface area contributed by atoms with Gasteiger partial charge in [0.15, 0.2) is 0 Å². The summed E-state index contributed by atoms with van der Waals surface area (Å²) in [5, 5.41) is 0. The average molecular weight is 265 g/mol. The van der Waals surface area contributed by atoms with Crippen LogP contribution in [-0.4, -0.2) is 17.9 Å². The van der Waals surface area contributed by atoms with Crippen molar-refractivity contribution in [2.24, 2.45) is 0 Å². The van der Waals surface area contributed by atoms with Crippen molar-refractivity contribution in [2.45, 2.75) is 6.54 Å². The standard InChI is InChI=1S/C17H15NO2/c1-12-15-9-8-14(20-2)10-16(15)17(19)18(12)11-13-6-4-3-5-7-13/h3-10H,1,11H2,2H3. The molecule has 1 heterocycles. The molecule has 0 radical (unpaired) electrons. The second-order valence-corrected chi connectivity index (χ2v) is 4.74. The van der Waals surface area contributed by atoms with Crippen LogP contribution in [0.4, 0.5) is 0 Å². The van der Waals surface area contributed by atoms with Gasteiger partial charge in [0.05, 0.1) is 19.2 Å². The summed E-state index contributed by atoms with van der Waals surface area (Å²) in [6.45, 7) is 4.58. The van der Waals surface area contributed by atoms with Gasteiger partial charge in [-0.15, -0.1) is 0 Å². The molecule has 1 amide bonds. The van der Waals surface area contributed by atoms with Gasteiger partial charge < -0.3 is 9.64 Å². The molecule has 0 atom stereocenters. The van der Waals surface area contributed by atoms with Gasteiger partial charge in [0.1, 0.15) is 5.75 Å². The Morgan fingerprint density at radius 3 is 2.55 bits per heavy atom. The Labute approximate surface area is 118 Å². The summed E-state index contributed by atoms with van der Waals surface area (Å²) < 4.78 is 5.18. The Morgan fingerprint density at radius 2 is 1.85 bits per heavy atom. The molecule has 3 nitrogen and oxygen atoms in total. The average Bonchev–Trinajstić information content (AvgIpc) is 2.73. The molecule has 1 aliphatic rings. The van der Waals surface area contributed by atoms with Gasteiger partial charge in [-0.1, -0.05) is 36.9 Å². The molecule has 0 saturated heterocycles. The van der Waals surface area contributed by atoms with Gasteiger partial charge in [-0.3, -0.25) is 4.79 Å². The predicted molar refractivity (Wildman–Crippen MR) is 78.3 cm³/mol. The normalized spacial score (nSPS) is 13.6. The van der Waals surface area contributed by atoms with E-state index in [0.717, 1.165) is 16.8 Å². The summed E-state index contributed by atoms with van der Waals surface area (Å²) in [6.07, 6.45) is 0. The molecule has 2 aromatic rings. The van der Waals surface area contributed by atoms with Crippen molar-refractivity contribution in [3.05, 3.63) is 71.8 Å². The number of fused-ring (bicyclic) bond motifs is 1. The highest BCUT2D eigenvalue weighted by Crippen LogP contribution is 2.34. The summed E-state index contributed by atoms with van der Waals surface area (Å²) in [7, 11) is 1.59. The van der Waals surface area contributed by atoms with Crippen molar-refractivity contribution in [1.82, 2.24) is 4.90 Å². The molecule has 1 aliphatic heterocycles. The molecule has 0 saturated carbocycles. The van der Waals surface area contributed by atoms with Gasteiger partial charge in [0, 0.05) is 11.3 Å². The smallest absolute Gasteiger partial charge is 0.259 e. The molecule has 20 heavy (non-hydrogen) atoms. The number of carbonyl (C=O) groups excluding carboxylic acids is 1. The maximum absolute atomic E-state index is 12.5. The van der Waals surface area contributed by atoms with E-state index in [-0.39, 0.29) is 5.91 Å². The Morgan fingerprint density at radius 1 is 1.10 bits per heavy atom. The van der Waals surface area contributed by atoms with E-state index in [4.69, 9.17) is 4.74 Å². The number of methoxy groups -OCH3 is 1. The van der Waals surface area contributed by atoms with E-state index >= 15 is 0 Å². The lowest BCUT2D eigenvalue weighted by Gasteiger charge is -2.17. The van der Waals surface area contributed by atoms with Crippen molar-refractivity contribution in [2.75, 3.05) is 7.11 Å². The molecule has 0 bridgehead atoms. The second-order valence-electron chi connectivity index (χ2n) is 4.74. The lowest BCUT2D eigenvalue weighted by Crippen LogP contribution is -2.22. The van der Waals surface area contributed by atoms with Crippen molar-refractivity contribution in [3.8, 4) is 5.75 Å². The quantitative estimate of drug-likeness (QED) is 0.852. The minimum absolute atomic E-state index is 0.0206. The molecule has 0 aliphatic carbocycles. The number of hydrogen-bond acceptors (Lipinski definition) is 2. The molecule has 0 unspecified atom stereocenters. The molecule has 3 heteroatoms. The van der Waals surface area contributed by atoms with Crippen molar-refractivity contribution in [1.29, 1.82) is 0 Å². The number of hydrogen-bond donors (Lipinski definition) is 0. The Bertz CT molecular complexity index is 677. The van der Waals surface area contributed by atoms with Gasteiger partial charge in [0.2, 0.25) is 0 Å². The van der Waals surface area contributed by atoms with Crippen LogP contribution in [0.25, 0.3) is 5.70 Å². The van der Waals surface area contributed by atoms with Crippen LogP contribution in [0.1, 0.15) is 21.5 Å². The van der Waals surface area contributed by atoms with Gasteiger partial charge in [0.25, 0.3) is 5.91 Å². The first-order valence-corrected chi connectivity index (χ1v) is 6.44. The van der Waals surface area contributed by atoms with E-state index < -0.39 is 0 Å². The highest BCUT2D eigenvalue weighted by Gasteiger charge is 2.31. The summed E-state index contributed by atoms with van der Waals surface area (Å²) in [5.41, 5.74) is 3.37. The highest BCUT2D eigenvalue weighted by molar-refractivity contribution is 6.09. The van der Waals surface area contributed by atoms with Crippen LogP contribution >= 0.6 is 0 Å². The van der Waals surface area contributed by atoms with E-state index in [2.05, 4.69) is 6.58 Å². The maximum Gasteiger partial charge on any atom is 0.259 e. The fourth-order valence-electron chi connectivity index (χ4n) is 2.43. The molecule has 3 rings (SSSR count). The number of carbonyl (C=O) groups is 1. The van der Waals surface area contributed by atoms with Crippen LogP contribution in [0, 0.1) is 0 Å². The first kappa shape index (κ1) is 12.5. The molecule has 0 fully saturated rings. The van der Waals surface area contributed by atoms with E-state index in [1.807, 2.05) is 42.5 Å². The minimum Gasteiger partial charge on any atom is -0.497 e. The van der Waals surface area contributed by atoms with Crippen molar-refractivity contribution < 1.29 is 9.53 Å². The number of amides is 1.